The predicted molar refractivity (Wildman–Crippen MR) is 60.9 cm³/mol. The average molecular weight is 221 g/mol. The van der Waals surface area contributed by atoms with Gasteiger partial charge in [-0.3, -0.25) is 9.78 Å². The summed E-state index contributed by atoms with van der Waals surface area (Å²) in [7, 11) is 0. The Morgan fingerprint density at radius 1 is 1.69 bits per heavy atom. The number of hydrogen-bond acceptors (Lipinski definition) is 4. The van der Waals surface area contributed by atoms with E-state index >= 15 is 0 Å². The molecule has 0 aromatic carbocycles. The van der Waals surface area contributed by atoms with Crippen molar-refractivity contribution in [1.82, 2.24) is 9.97 Å². The van der Waals surface area contributed by atoms with Crippen LogP contribution in [0.5, 0.6) is 0 Å². The first kappa shape index (κ1) is 12.3. The van der Waals surface area contributed by atoms with Gasteiger partial charge >= 0.3 is 0 Å². The van der Waals surface area contributed by atoms with E-state index in [-0.39, 0.29) is 5.91 Å². The third-order valence-electron chi connectivity index (χ3n) is 1.87. The molecule has 0 saturated carbocycles. The Balaban J connectivity index is 2.37. The molecule has 0 bridgehead atoms. The second-order valence-corrected chi connectivity index (χ2v) is 3.17. The Morgan fingerprint density at radius 2 is 2.50 bits per heavy atom. The molecule has 1 aromatic heterocycles. The number of hydrogen-bond donors (Lipinski definition) is 1. The van der Waals surface area contributed by atoms with Crippen LogP contribution in [-0.2, 0) is 9.53 Å². The van der Waals surface area contributed by atoms with Crippen molar-refractivity contribution in [2.24, 2.45) is 0 Å². The smallest absolute Gasteiger partial charge is 0.254 e. The van der Waals surface area contributed by atoms with Gasteiger partial charge in [-0.1, -0.05) is 6.08 Å². The Kier molecular flexibility index (Phi) is 5.15. The molecule has 0 aliphatic heterocycles. The molecule has 0 spiro atoms. The second kappa shape index (κ2) is 6.68. The van der Waals surface area contributed by atoms with Crippen molar-refractivity contribution in [2.45, 2.75) is 19.4 Å². The van der Waals surface area contributed by atoms with E-state index in [1.807, 2.05) is 0 Å². The molecule has 1 amide bonds. The SMILES string of the molecule is C=CCCO[C@@H](C)C(=O)Nc1cnccn1. The quantitative estimate of drug-likeness (QED) is 0.582. The minimum atomic E-state index is -0.512. The van der Waals surface area contributed by atoms with Gasteiger partial charge in [0, 0.05) is 12.4 Å². The van der Waals surface area contributed by atoms with Gasteiger partial charge < -0.3 is 10.1 Å². The molecule has 0 unspecified atom stereocenters. The van der Waals surface area contributed by atoms with Gasteiger partial charge in [0.05, 0.1) is 12.8 Å². The Hall–Kier alpha value is -1.75. The lowest BCUT2D eigenvalue weighted by Crippen LogP contribution is -2.28. The van der Waals surface area contributed by atoms with Crippen LogP contribution in [0.1, 0.15) is 13.3 Å². The van der Waals surface area contributed by atoms with E-state index < -0.39 is 6.10 Å². The fourth-order valence-electron chi connectivity index (χ4n) is 0.995. The zero-order valence-corrected chi connectivity index (χ0v) is 9.22. The summed E-state index contributed by atoms with van der Waals surface area (Å²) in [4.78, 5) is 19.3. The summed E-state index contributed by atoms with van der Waals surface area (Å²) in [6.45, 7) is 5.75. The van der Waals surface area contributed by atoms with Crippen molar-refractivity contribution in [3.63, 3.8) is 0 Å². The van der Waals surface area contributed by atoms with Gasteiger partial charge in [-0.2, -0.15) is 0 Å². The summed E-state index contributed by atoms with van der Waals surface area (Å²) >= 11 is 0. The molecule has 0 fully saturated rings. The maximum absolute atomic E-state index is 11.6. The van der Waals surface area contributed by atoms with E-state index in [0.29, 0.717) is 12.4 Å². The Bertz CT molecular complexity index is 340. The molecule has 16 heavy (non-hydrogen) atoms. The van der Waals surface area contributed by atoms with Gasteiger partial charge in [0.15, 0.2) is 5.82 Å². The number of aromatic nitrogens is 2. The van der Waals surface area contributed by atoms with Crippen molar-refractivity contribution in [2.75, 3.05) is 11.9 Å². The fourth-order valence-corrected chi connectivity index (χ4v) is 0.995. The number of ether oxygens (including phenoxy) is 1. The lowest BCUT2D eigenvalue weighted by atomic mass is 10.3. The highest BCUT2D eigenvalue weighted by molar-refractivity contribution is 5.92. The summed E-state index contributed by atoms with van der Waals surface area (Å²) in [5.74, 6) is 0.191. The highest BCUT2D eigenvalue weighted by Gasteiger charge is 2.13. The minimum Gasteiger partial charge on any atom is -0.368 e. The highest BCUT2D eigenvalue weighted by atomic mass is 16.5. The van der Waals surface area contributed by atoms with E-state index in [2.05, 4.69) is 21.9 Å². The van der Waals surface area contributed by atoms with Crippen LogP contribution >= 0.6 is 0 Å². The molecule has 5 heteroatoms. The van der Waals surface area contributed by atoms with E-state index in [9.17, 15) is 4.79 Å². The molecule has 1 heterocycles. The molecule has 1 aromatic rings. The van der Waals surface area contributed by atoms with Gasteiger partial charge in [-0.05, 0) is 13.3 Å². The molecule has 0 aliphatic rings. The van der Waals surface area contributed by atoms with Crippen LogP contribution in [0.15, 0.2) is 31.2 Å². The van der Waals surface area contributed by atoms with Gasteiger partial charge in [0.1, 0.15) is 6.10 Å². The first-order valence-electron chi connectivity index (χ1n) is 5.03. The van der Waals surface area contributed by atoms with Crippen molar-refractivity contribution in [3.8, 4) is 0 Å². The van der Waals surface area contributed by atoms with Gasteiger partial charge in [-0.15, -0.1) is 6.58 Å². The zero-order valence-electron chi connectivity index (χ0n) is 9.22. The van der Waals surface area contributed by atoms with Gasteiger partial charge in [0.25, 0.3) is 5.91 Å². The highest BCUT2D eigenvalue weighted by Crippen LogP contribution is 2.01. The number of nitrogens with zero attached hydrogens (tertiary/aromatic N) is 2. The molecule has 0 radical (unpaired) electrons. The number of carbonyl (C=O) groups excluding carboxylic acids is 1. The molecule has 1 rings (SSSR count). The second-order valence-electron chi connectivity index (χ2n) is 3.17. The largest absolute Gasteiger partial charge is 0.368 e. The number of rotatable bonds is 6. The van der Waals surface area contributed by atoms with Crippen LogP contribution in [0.3, 0.4) is 0 Å². The number of nitrogens with one attached hydrogen (secondary N) is 1. The summed E-state index contributed by atoms with van der Waals surface area (Å²) < 4.78 is 5.28. The first-order valence-corrected chi connectivity index (χ1v) is 5.03. The third-order valence-corrected chi connectivity index (χ3v) is 1.87. The maximum atomic E-state index is 11.6. The molecule has 1 N–H and O–H groups in total. The maximum Gasteiger partial charge on any atom is 0.254 e. The summed E-state index contributed by atoms with van der Waals surface area (Å²) in [5, 5.41) is 2.61. The molecule has 86 valence electrons. The number of anilines is 1. The van der Waals surface area contributed by atoms with E-state index in [1.54, 1.807) is 19.2 Å². The summed E-state index contributed by atoms with van der Waals surface area (Å²) in [5.41, 5.74) is 0. The van der Waals surface area contributed by atoms with Crippen LogP contribution < -0.4 is 5.32 Å². The molecular weight excluding hydrogens is 206 g/mol. The van der Waals surface area contributed by atoms with Crippen molar-refractivity contribution >= 4 is 11.7 Å². The van der Waals surface area contributed by atoms with E-state index in [1.165, 1.54) is 12.4 Å². The fraction of sp³-hybridized carbons (Fsp3) is 0.364. The van der Waals surface area contributed by atoms with E-state index in [4.69, 9.17) is 4.74 Å². The number of amides is 1. The van der Waals surface area contributed by atoms with Crippen LogP contribution in [0.4, 0.5) is 5.82 Å². The van der Waals surface area contributed by atoms with Crippen molar-refractivity contribution in [3.05, 3.63) is 31.2 Å². The minimum absolute atomic E-state index is 0.232. The number of carbonyl (C=O) groups is 1. The normalized spacial score (nSPS) is 11.8. The third kappa shape index (κ3) is 4.18. The zero-order chi connectivity index (χ0) is 11.8. The molecule has 0 saturated heterocycles. The lowest BCUT2D eigenvalue weighted by Gasteiger charge is -2.11. The Labute approximate surface area is 94.6 Å². The summed E-state index contributed by atoms with van der Waals surface area (Å²) in [6.07, 6.45) is 6.49. The lowest BCUT2D eigenvalue weighted by molar-refractivity contribution is -0.126. The van der Waals surface area contributed by atoms with Crippen LogP contribution in [0.2, 0.25) is 0 Å². The van der Waals surface area contributed by atoms with Gasteiger partial charge in [0.2, 0.25) is 0 Å². The molecular formula is C11H15N3O2. The summed E-state index contributed by atoms with van der Waals surface area (Å²) in [6, 6.07) is 0. The Morgan fingerprint density at radius 3 is 3.12 bits per heavy atom. The van der Waals surface area contributed by atoms with Crippen molar-refractivity contribution < 1.29 is 9.53 Å². The first-order chi connectivity index (χ1) is 7.74. The predicted octanol–water partition coefficient (Wildman–Crippen LogP) is 1.40. The average Bonchev–Trinajstić information content (AvgIpc) is 2.30. The van der Waals surface area contributed by atoms with Crippen LogP contribution in [0, 0.1) is 0 Å². The van der Waals surface area contributed by atoms with Crippen LogP contribution in [0.25, 0.3) is 0 Å². The molecule has 1 atom stereocenters. The van der Waals surface area contributed by atoms with Crippen molar-refractivity contribution in [1.29, 1.82) is 0 Å². The van der Waals surface area contributed by atoms with Gasteiger partial charge in [-0.25, -0.2) is 4.98 Å². The van der Waals surface area contributed by atoms with E-state index in [0.717, 1.165) is 6.42 Å². The monoisotopic (exact) mass is 221 g/mol. The standard InChI is InChI=1S/C11H15N3O2/c1-3-4-7-16-9(2)11(15)14-10-8-12-5-6-13-10/h3,5-6,8-9H,1,4,7H2,2H3,(H,13,14,15)/t9-/m0/s1. The molecule has 0 aliphatic carbocycles. The topological polar surface area (TPSA) is 64.1 Å². The van der Waals surface area contributed by atoms with Crippen LogP contribution in [-0.4, -0.2) is 28.6 Å². The molecule has 5 nitrogen and oxygen atoms in total.